The highest BCUT2D eigenvalue weighted by atomic mass is 35.5. The van der Waals surface area contributed by atoms with Crippen LogP contribution in [0.15, 0.2) is 29.2 Å². The molecule has 0 aromatic heterocycles. The van der Waals surface area contributed by atoms with Crippen molar-refractivity contribution in [2.45, 2.75) is 24.3 Å². The van der Waals surface area contributed by atoms with Crippen molar-refractivity contribution in [3.05, 3.63) is 29.3 Å². The van der Waals surface area contributed by atoms with Crippen LogP contribution in [0.3, 0.4) is 0 Å². The standard InChI is InChI=1S/C12H18ClN3O3S/c1-9(14)7-12(17)15-5-6-16-20(18,19)11-4-2-3-10(13)8-11/h2-4,8-9,16H,5-7,14H2,1H3,(H,15,17). The van der Waals surface area contributed by atoms with Crippen LogP contribution in [0.5, 0.6) is 0 Å². The molecule has 0 bridgehead atoms. The number of carbonyl (C=O) groups excluding carboxylic acids is 1. The molecule has 0 spiro atoms. The second kappa shape index (κ2) is 7.58. The van der Waals surface area contributed by atoms with Crippen LogP contribution in [0.4, 0.5) is 0 Å². The lowest BCUT2D eigenvalue weighted by molar-refractivity contribution is -0.121. The molecule has 8 heteroatoms. The predicted octanol–water partition coefficient (Wildman–Crippen LogP) is 0.472. The lowest BCUT2D eigenvalue weighted by Crippen LogP contribution is -2.36. The number of hydrogen-bond donors (Lipinski definition) is 3. The molecule has 1 amide bonds. The summed E-state index contributed by atoms with van der Waals surface area (Å²) in [7, 11) is -3.61. The second-order valence-electron chi connectivity index (χ2n) is 4.39. The van der Waals surface area contributed by atoms with Crippen LogP contribution >= 0.6 is 11.6 Å². The van der Waals surface area contributed by atoms with Crippen molar-refractivity contribution in [3.8, 4) is 0 Å². The van der Waals surface area contributed by atoms with Gasteiger partial charge in [-0.1, -0.05) is 17.7 Å². The van der Waals surface area contributed by atoms with E-state index in [2.05, 4.69) is 10.0 Å². The fraction of sp³-hybridized carbons (Fsp3) is 0.417. The van der Waals surface area contributed by atoms with E-state index in [1.165, 1.54) is 12.1 Å². The molecule has 0 radical (unpaired) electrons. The van der Waals surface area contributed by atoms with Gasteiger partial charge in [0.05, 0.1) is 4.90 Å². The van der Waals surface area contributed by atoms with E-state index in [-0.39, 0.29) is 36.4 Å². The third-order valence-corrected chi connectivity index (χ3v) is 4.05. The van der Waals surface area contributed by atoms with Gasteiger partial charge in [0.15, 0.2) is 0 Å². The maximum Gasteiger partial charge on any atom is 0.240 e. The van der Waals surface area contributed by atoms with E-state index in [1.807, 2.05) is 0 Å². The number of hydrogen-bond acceptors (Lipinski definition) is 4. The molecule has 1 unspecified atom stereocenters. The summed E-state index contributed by atoms with van der Waals surface area (Å²) in [5.41, 5.74) is 5.47. The Morgan fingerprint density at radius 3 is 2.70 bits per heavy atom. The van der Waals surface area contributed by atoms with Gasteiger partial charge >= 0.3 is 0 Å². The maximum absolute atomic E-state index is 11.9. The first-order chi connectivity index (χ1) is 9.31. The molecule has 4 N–H and O–H groups in total. The number of sulfonamides is 1. The van der Waals surface area contributed by atoms with Crippen LogP contribution in [0.25, 0.3) is 0 Å². The van der Waals surface area contributed by atoms with Gasteiger partial charge in [0.2, 0.25) is 15.9 Å². The van der Waals surface area contributed by atoms with Crippen LogP contribution in [-0.4, -0.2) is 33.5 Å². The summed E-state index contributed by atoms with van der Waals surface area (Å²) in [6.07, 6.45) is 0.209. The first-order valence-electron chi connectivity index (χ1n) is 6.09. The molecule has 0 aliphatic rings. The van der Waals surface area contributed by atoms with Crippen molar-refractivity contribution in [3.63, 3.8) is 0 Å². The summed E-state index contributed by atoms with van der Waals surface area (Å²) in [4.78, 5) is 11.4. The zero-order valence-electron chi connectivity index (χ0n) is 11.1. The third-order valence-electron chi connectivity index (χ3n) is 2.35. The summed E-state index contributed by atoms with van der Waals surface area (Å²) in [6.45, 7) is 2.02. The van der Waals surface area contributed by atoms with Gasteiger partial charge in [-0.25, -0.2) is 13.1 Å². The summed E-state index contributed by atoms with van der Waals surface area (Å²) in [6, 6.07) is 5.73. The van der Waals surface area contributed by atoms with E-state index >= 15 is 0 Å². The normalized spacial score (nSPS) is 12.9. The number of rotatable bonds is 7. The molecule has 0 heterocycles. The molecular formula is C12H18ClN3O3S. The first kappa shape index (κ1) is 16.9. The monoisotopic (exact) mass is 319 g/mol. The van der Waals surface area contributed by atoms with Crippen LogP contribution in [0.2, 0.25) is 5.02 Å². The minimum Gasteiger partial charge on any atom is -0.355 e. The van der Waals surface area contributed by atoms with Gasteiger partial charge in [-0.3, -0.25) is 4.79 Å². The minimum atomic E-state index is -3.61. The fourth-order valence-electron chi connectivity index (χ4n) is 1.47. The highest BCUT2D eigenvalue weighted by Gasteiger charge is 2.13. The van der Waals surface area contributed by atoms with Gasteiger partial charge in [-0.05, 0) is 25.1 Å². The van der Waals surface area contributed by atoms with Crippen LogP contribution < -0.4 is 15.8 Å². The van der Waals surface area contributed by atoms with Crippen molar-refractivity contribution >= 4 is 27.5 Å². The summed E-state index contributed by atoms with van der Waals surface area (Å²) in [5.74, 6) is -0.207. The van der Waals surface area contributed by atoms with E-state index in [4.69, 9.17) is 17.3 Å². The Morgan fingerprint density at radius 1 is 1.40 bits per heavy atom. The number of carbonyl (C=O) groups is 1. The number of nitrogens with one attached hydrogen (secondary N) is 2. The van der Waals surface area contributed by atoms with E-state index in [0.29, 0.717) is 5.02 Å². The Kier molecular flexibility index (Phi) is 6.41. The molecular weight excluding hydrogens is 302 g/mol. The summed E-state index contributed by atoms with van der Waals surface area (Å²) < 4.78 is 26.2. The Bertz CT molecular complexity index is 561. The molecule has 6 nitrogen and oxygen atoms in total. The lowest BCUT2D eigenvalue weighted by atomic mass is 10.2. The maximum atomic E-state index is 11.9. The van der Waals surface area contributed by atoms with E-state index in [0.717, 1.165) is 0 Å². The van der Waals surface area contributed by atoms with Crippen LogP contribution in [0.1, 0.15) is 13.3 Å². The second-order valence-corrected chi connectivity index (χ2v) is 6.59. The SMILES string of the molecule is CC(N)CC(=O)NCCNS(=O)(=O)c1cccc(Cl)c1. The molecule has 112 valence electrons. The van der Waals surface area contributed by atoms with E-state index in [1.54, 1.807) is 19.1 Å². The molecule has 0 fully saturated rings. The molecule has 1 rings (SSSR count). The summed E-state index contributed by atoms with van der Waals surface area (Å²) in [5, 5.41) is 2.92. The zero-order valence-corrected chi connectivity index (χ0v) is 12.7. The minimum absolute atomic E-state index is 0.0897. The van der Waals surface area contributed by atoms with Gasteiger partial charge in [0.1, 0.15) is 0 Å². The van der Waals surface area contributed by atoms with Crippen LogP contribution in [0, 0.1) is 0 Å². The molecule has 0 saturated heterocycles. The lowest BCUT2D eigenvalue weighted by Gasteiger charge is -2.09. The van der Waals surface area contributed by atoms with Crippen molar-refractivity contribution in [1.82, 2.24) is 10.0 Å². The quantitative estimate of drug-likeness (QED) is 0.636. The van der Waals surface area contributed by atoms with Gasteiger partial charge in [-0.2, -0.15) is 0 Å². The topological polar surface area (TPSA) is 101 Å². The molecule has 0 saturated carbocycles. The number of amides is 1. The Labute approximate surface area is 123 Å². The molecule has 1 aromatic rings. The van der Waals surface area contributed by atoms with Crippen LogP contribution in [-0.2, 0) is 14.8 Å². The Morgan fingerprint density at radius 2 is 2.10 bits per heavy atom. The van der Waals surface area contributed by atoms with E-state index in [9.17, 15) is 13.2 Å². The largest absolute Gasteiger partial charge is 0.355 e. The molecule has 20 heavy (non-hydrogen) atoms. The first-order valence-corrected chi connectivity index (χ1v) is 7.95. The summed E-state index contributed by atoms with van der Waals surface area (Å²) >= 11 is 5.74. The van der Waals surface area contributed by atoms with Gasteiger partial charge in [0, 0.05) is 30.6 Å². The smallest absolute Gasteiger partial charge is 0.240 e. The molecule has 1 atom stereocenters. The number of benzene rings is 1. The van der Waals surface area contributed by atoms with Gasteiger partial charge < -0.3 is 11.1 Å². The van der Waals surface area contributed by atoms with Gasteiger partial charge in [0.25, 0.3) is 0 Å². The molecule has 0 aliphatic carbocycles. The highest BCUT2D eigenvalue weighted by Crippen LogP contribution is 2.14. The third kappa shape index (κ3) is 5.87. The molecule has 0 aliphatic heterocycles. The number of nitrogens with two attached hydrogens (primary N) is 1. The van der Waals surface area contributed by atoms with Crippen molar-refractivity contribution < 1.29 is 13.2 Å². The van der Waals surface area contributed by atoms with Crippen molar-refractivity contribution in [2.24, 2.45) is 5.73 Å². The van der Waals surface area contributed by atoms with Gasteiger partial charge in [-0.15, -0.1) is 0 Å². The van der Waals surface area contributed by atoms with Crippen molar-refractivity contribution in [2.75, 3.05) is 13.1 Å². The highest BCUT2D eigenvalue weighted by molar-refractivity contribution is 7.89. The Hall–Kier alpha value is -1.15. The number of halogens is 1. The zero-order chi connectivity index (χ0) is 15.2. The van der Waals surface area contributed by atoms with E-state index < -0.39 is 10.0 Å². The predicted molar refractivity (Wildman–Crippen MR) is 77.9 cm³/mol. The molecule has 1 aromatic carbocycles. The average molecular weight is 320 g/mol. The average Bonchev–Trinajstić information content (AvgIpc) is 2.34. The van der Waals surface area contributed by atoms with Crippen molar-refractivity contribution in [1.29, 1.82) is 0 Å². The Balaban J connectivity index is 2.43. The fourth-order valence-corrected chi connectivity index (χ4v) is 2.80.